The standard InChI is InChI=1S/C18H22N6O/c1-13-6-7-14(9-19)17(21-13)24-8-4-5-16(12-24)23(3)18(25)15-10-20-22(2)11-15/h6-7,10-11,16H,4-5,8,12H2,1-3H3. The summed E-state index contributed by atoms with van der Waals surface area (Å²) in [5, 5.41) is 13.4. The van der Waals surface area contributed by atoms with Gasteiger partial charge in [-0.25, -0.2) is 4.98 Å². The quantitative estimate of drug-likeness (QED) is 0.852. The Labute approximate surface area is 147 Å². The summed E-state index contributed by atoms with van der Waals surface area (Å²) in [6.45, 7) is 3.44. The van der Waals surface area contributed by atoms with E-state index in [4.69, 9.17) is 0 Å². The van der Waals surface area contributed by atoms with E-state index in [1.165, 1.54) is 0 Å². The van der Waals surface area contributed by atoms with Gasteiger partial charge in [0.2, 0.25) is 0 Å². The molecule has 1 fully saturated rings. The van der Waals surface area contributed by atoms with Gasteiger partial charge in [0.1, 0.15) is 11.9 Å². The van der Waals surface area contributed by atoms with E-state index in [2.05, 4.69) is 21.1 Å². The predicted octanol–water partition coefficient (Wildman–Crippen LogP) is 1.74. The molecule has 0 N–H and O–H groups in total. The van der Waals surface area contributed by atoms with E-state index in [0.29, 0.717) is 17.7 Å². The Morgan fingerprint density at radius 1 is 1.44 bits per heavy atom. The lowest BCUT2D eigenvalue weighted by atomic mass is 10.0. The summed E-state index contributed by atoms with van der Waals surface area (Å²) in [7, 11) is 3.63. The number of hydrogen-bond acceptors (Lipinski definition) is 5. The number of piperidine rings is 1. The Bertz CT molecular complexity index is 821. The molecule has 3 rings (SSSR count). The Balaban J connectivity index is 1.78. The number of rotatable bonds is 3. The van der Waals surface area contributed by atoms with Crippen molar-refractivity contribution in [3.8, 4) is 6.07 Å². The number of nitriles is 1. The van der Waals surface area contributed by atoms with Crippen molar-refractivity contribution in [2.45, 2.75) is 25.8 Å². The van der Waals surface area contributed by atoms with E-state index < -0.39 is 0 Å². The first-order chi connectivity index (χ1) is 12.0. The Kier molecular flexibility index (Phi) is 4.70. The minimum absolute atomic E-state index is 0.0299. The smallest absolute Gasteiger partial charge is 0.257 e. The third-order valence-corrected chi connectivity index (χ3v) is 4.65. The van der Waals surface area contributed by atoms with Crippen LogP contribution in [0.2, 0.25) is 0 Å². The summed E-state index contributed by atoms with van der Waals surface area (Å²) in [6, 6.07) is 5.96. The molecule has 1 aliphatic rings. The van der Waals surface area contributed by atoms with Crippen molar-refractivity contribution in [2.75, 3.05) is 25.0 Å². The van der Waals surface area contributed by atoms with Crippen LogP contribution < -0.4 is 4.90 Å². The zero-order valence-electron chi connectivity index (χ0n) is 14.8. The normalized spacial score (nSPS) is 17.2. The van der Waals surface area contributed by atoms with Gasteiger partial charge in [-0.3, -0.25) is 9.48 Å². The summed E-state index contributed by atoms with van der Waals surface area (Å²) in [5.41, 5.74) is 2.05. The topological polar surface area (TPSA) is 78.0 Å². The first-order valence-corrected chi connectivity index (χ1v) is 8.38. The first kappa shape index (κ1) is 17.0. The number of carbonyl (C=O) groups is 1. The van der Waals surface area contributed by atoms with Gasteiger partial charge in [0.05, 0.1) is 17.3 Å². The van der Waals surface area contributed by atoms with E-state index in [0.717, 1.165) is 30.9 Å². The molecule has 0 saturated carbocycles. The van der Waals surface area contributed by atoms with Crippen molar-refractivity contribution in [3.05, 3.63) is 41.3 Å². The molecule has 7 heteroatoms. The molecule has 130 valence electrons. The highest BCUT2D eigenvalue weighted by Crippen LogP contribution is 2.24. The molecule has 3 heterocycles. The van der Waals surface area contributed by atoms with E-state index in [9.17, 15) is 10.1 Å². The van der Waals surface area contributed by atoms with Crippen LogP contribution in [0.25, 0.3) is 0 Å². The maximum absolute atomic E-state index is 12.7. The summed E-state index contributed by atoms with van der Waals surface area (Å²) in [4.78, 5) is 21.1. The van der Waals surface area contributed by atoms with Crippen LogP contribution in [-0.2, 0) is 7.05 Å². The van der Waals surface area contributed by atoms with Crippen LogP contribution in [0.5, 0.6) is 0 Å². The average Bonchev–Trinajstić information content (AvgIpc) is 3.07. The molecule has 1 unspecified atom stereocenters. The fourth-order valence-electron chi connectivity index (χ4n) is 3.24. The third-order valence-electron chi connectivity index (χ3n) is 4.65. The number of pyridine rings is 1. The van der Waals surface area contributed by atoms with Gasteiger partial charge in [-0.05, 0) is 31.9 Å². The Morgan fingerprint density at radius 2 is 2.24 bits per heavy atom. The molecule has 1 amide bonds. The van der Waals surface area contributed by atoms with Gasteiger partial charge in [-0.1, -0.05) is 0 Å². The Morgan fingerprint density at radius 3 is 2.92 bits per heavy atom. The van der Waals surface area contributed by atoms with Gasteiger partial charge in [0.15, 0.2) is 0 Å². The van der Waals surface area contributed by atoms with Crippen molar-refractivity contribution in [3.63, 3.8) is 0 Å². The van der Waals surface area contributed by atoms with Gasteiger partial charge in [0, 0.05) is 45.1 Å². The lowest BCUT2D eigenvalue weighted by Gasteiger charge is -2.38. The van der Waals surface area contributed by atoms with E-state index >= 15 is 0 Å². The molecule has 0 bridgehead atoms. The fraction of sp³-hybridized carbons (Fsp3) is 0.444. The molecule has 0 spiro atoms. The molecule has 0 aromatic carbocycles. The molecule has 7 nitrogen and oxygen atoms in total. The molecule has 2 aromatic rings. The molecule has 1 aliphatic heterocycles. The minimum Gasteiger partial charge on any atom is -0.353 e. The number of carbonyl (C=O) groups excluding carboxylic acids is 1. The van der Waals surface area contributed by atoms with Crippen molar-refractivity contribution in [1.82, 2.24) is 19.7 Å². The second-order valence-corrected chi connectivity index (χ2v) is 6.50. The highest BCUT2D eigenvalue weighted by atomic mass is 16.2. The molecule has 0 aliphatic carbocycles. The summed E-state index contributed by atoms with van der Waals surface area (Å²) in [5.74, 6) is 0.687. The van der Waals surface area contributed by atoms with E-state index in [1.807, 2.05) is 26.1 Å². The van der Waals surface area contributed by atoms with Gasteiger partial charge in [0.25, 0.3) is 5.91 Å². The fourth-order valence-corrected chi connectivity index (χ4v) is 3.24. The summed E-state index contributed by atoms with van der Waals surface area (Å²) in [6.07, 6.45) is 5.22. The zero-order chi connectivity index (χ0) is 18.0. The largest absolute Gasteiger partial charge is 0.353 e. The van der Waals surface area contributed by atoms with E-state index in [1.54, 1.807) is 29.0 Å². The molecule has 2 aromatic heterocycles. The summed E-state index contributed by atoms with van der Waals surface area (Å²) < 4.78 is 1.63. The minimum atomic E-state index is -0.0299. The Hall–Kier alpha value is -2.88. The molecule has 1 atom stereocenters. The van der Waals surface area contributed by atoms with Crippen LogP contribution in [0.15, 0.2) is 24.5 Å². The number of aryl methyl sites for hydroxylation is 2. The highest BCUT2D eigenvalue weighted by Gasteiger charge is 2.28. The molecule has 25 heavy (non-hydrogen) atoms. The zero-order valence-corrected chi connectivity index (χ0v) is 14.8. The number of hydrogen-bond donors (Lipinski definition) is 0. The van der Waals surface area contributed by atoms with Crippen molar-refractivity contribution in [2.24, 2.45) is 7.05 Å². The molecular formula is C18H22N6O. The van der Waals surface area contributed by atoms with Crippen molar-refractivity contribution in [1.29, 1.82) is 5.26 Å². The van der Waals surface area contributed by atoms with Crippen LogP contribution in [0.4, 0.5) is 5.82 Å². The predicted molar refractivity (Wildman–Crippen MR) is 94.2 cm³/mol. The average molecular weight is 338 g/mol. The molecular weight excluding hydrogens is 316 g/mol. The number of aromatic nitrogens is 3. The van der Waals surface area contributed by atoms with Crippen LogP contribution in [0.3, 0.4) is 0 Å². The first-order valence-electron chi connectivity index (χ1n) is 8.38. The van der Waals surface area contributed by atoms with E-state index in [-0.39, 0.29) is 11.9 Å². The SMILES string of the molecule is Cc1ccc(C#N)c(N2CCCC(N(C)C(=O)c3cnn(C)c3)C2)n1. The number of nitrogens with zero attached hydrogens (tertiary/aromatic N) is 6. The maximum Gasteiger partial charge on any atom is 0.257 e. The maximum atomic E-state index is 12.7. The van der Waals surface area contributed by atoms with Crippen LogP contribution >= 0.6 is 0 Å². The monoisotopic (exact) mass is 338 g/mol. The van der Waals surface area contributed by atoms with Crippen molar-refractivity contribution >= 4 is 11.7 Å². The third kappa shape index (κ3) is 3.48. The number of amides is 1. The van der Waals surface area contributed by atoms with Gasteiger partial charge >= 0.3 is 0 Å². The number of anilines is 1. The lowest BCUT2D eigenvalue weighted by Crippen LogP contribution is -2.49. The summed E-state index contributed by atoms with van der Waals surface area (Å²) >= 11 is 0. The molecule has 0 radical (unpaired) electrons. The number of likely N-dealkylation sites (N-methyl/N-ethyl adjacent to an activating group) is 1. The molecule has 1 saturated heterocycles. The lowest BCUT2D eigenvalue weighted by molar-refractivity contribution is 0.0717. The van der Waals surface area contributed by atoms with Crippen LogP contribution in [0.1, 0.15) is 34.5 Å². The van der Waals surface area contributed by atoms with Crippen molar-refractivity contribution < 1.29 is 4.79 Å². The van der Waals surface area contributed by atoms with Crippen LogP contribution in [-0.4, -0.2) is 51.8 Å². The van der Waals surface area contributed by atoms with Crippen LogP contribution in [0, 0.1) is 18.3 Å². The van der Waals surface area contributed by atoms with Gasteiger partial charge in [-0.15, -0.1) is 0 Å². The van der Waals surface area contributed by atoms with Gasteiger partial charge in [-0.2, -0.15) is 10.4 Å². The highest BCUT2D eigenvalue weighted by molar-refractivity contribution is 5.93. The second-order valence-electron chi connectivity index (χ2n) is 6.50. The van der Waals surface area contributed by atoms with Gasteiger partial charge < -0.3 is 9.80 Å². The second kappa shape index (κ2) is 6.93.